The van der Waals surface area contributed by atoms with Gasteiger partial charge in [0.2, 0.25) is 5.91 Å². The van der Waals surface area contributed by atoms with E-state index in [1.807, 2.05) is 22.4 Å². The van der Waals surface area contributed by atoms with E-state index in [9.17, 15) is 10.1 Å². The zero-order valence-corrected chi connectivity index (χ0v) is 14.9. The van der Waals surface area contributed by atoms with Gasteiger partial charge in [-0.1, -0.05) is 6.07 Å². The van der Waals surface area contributed by atoms with E-state index in [1.165, 1.54) is 0 Å². The molecule has 6 nitrogen and oxygen atoms in total. The molecule has 7 heteroatoms. The Morgan fingerprint density at radius 1 is 1.42 bits per heavy atom. The van der Waals surface area contributed by atoms with Gasteiger partial charge in [-0.25, -0.2) is 0 Å². The Labute approximate surface area is 147 Å². The largest absolute Gasteiger partial charge is 0.379 e. The number of nitriles is 1. The number of thiophene rings is 1. The Morgan fingerprint density at radius 3 is 2.83 bits per heavy atom. The second-order valence-corrected chi connectivity index (χ2v) is 7.34. The molecular formula is C17H24N4O2S. The molecule has 24 heavy (non-hydrogen) atoms. The molecule has 2 fully saturated rings. The molecule has 0 bridgehead atoms. The maximum absolute atomic E-state index is 12.5. The van der Waals surface area contributed by atoms with Crippen LogP contribution in [0, 0.1) is 11.3 Å². The predicted molar refractivity (Wildman–Crippen MR) is 92.7 cm³/mol. The number of carbonyl (C=O) groups excluding carboxylic acids is 1. The summed E-state index contributed by atoms with van der Waals surface area (Å²) in [4.78, 5) is 19.9. The van der Waals surface area contributed by atoms with Crippen molar-refractivity contribution in [3.05, 3.63) is 22.4 Å². The van der Waals surface area contributed by atoms with E-state index in [0.717, 1.165) is 24.5 Å². The number of piperazine rings is 1. The summed E-state index contributed by atoms with van der Waals surface area (Å²) in [6, 6.07) is 6.49. The summed E-state index contributed by atoms with van der Waals surface area (Å²) < 4.78 is 5.42. The number of hydrogen-bond donors (Lipinski definition) is 0. The first-order valence-electron chi connectivity index (χ1n) is 8.45. The van der Waals surface area contributed by atoms with Crippen LogP contribution in [-0.2, 0) is 9.53 Å². The molecule has 130 valence electrons. The molecule has 0 radical (unpaired) electrons. The van der Waals surface area contributed by atoms with E-state index in [4.69, 9.17) is 4.74 Å². The summed E-state index contributed by atoms with van der Waals surface area (Å²) in [5.41, 5.74) is 0. The molecule has 1 aromatic heterocycles. The van der Waals surface area contributed by atoms with Gasteiger partial charge in [-0.05, 0) is 18.4 Å². The van der Waals surface area contributed by atoms with Crippen LogP contribution in [0.1, 0.15) is 17.8 Å². The molecule has 3 heterocycles. The molecule has 2 atom stereocenters. The fraction of sp³-hybridized carbons (Fsp3) is 0.647. The first kappa shape index (κ1) is 17.4. The molecular weight excluding hydrogens is 324 g/mol. The van der Waals surface area contributed by atoms with E-state index >= 15 is 0 Å². The molecule has 0 spiro atoms. The zero-order valence-electron chi connectivity index (χ0n) is 14.1. The summed E-state index contributed by atoms with van der Waals surface area (Å²) in [7, 11) is 0. The quantitative estimate of drug-likeness (QED) is 0.818. The summed E-state index contributed by atoms with van der Waals surface area (Å²) in [5, 5.41) is 11.5. The third kappa shape index (κ3) is 3.95. The zero-order chi connectivity index (χ0) is 16.9. The monoisotopic (exact) mass is 348 g/mol. The van der Waals surface area contributed by atoms with Gasteiger partial charge in [-0.2, -0.15) is 5.26 Å². The molecule has 1 aromatic rings. The van der Waals surface area contributed by atoms with Crippen molar-refractivity contribution < 1.29 is 9.53 Å². The van der Waals surface area contributed by atoms with Gasteiger partial charge < -0.3 is 9.64 Å². The van der Waals surface area contributed by atoms with Crippen molar-refractivity contribution in [3.8, 4) is 6.07 Å². The number of amides is 1. The van der Waals surface area contributed by atoms with Crippen molar-refractivity contribution in [2.45, 2.75) is 19.0 Å². The van der Waals surface area contributed by atoms with Crippen LogP contribution in [0.2, 0.25) is 0 Å². The van der Waals surface area contributed by atoms with Crippen LogP contribution in [-0.4, -0.2) is 79.1 Å². The van der Waals surface area contributed by atoms with Gasteiger partial charge in [-0.15, -0.1) is 11.3 Å². The molecule has 0 aliphatic carbocycles. The lowest BCUT2D eigenvalue weighted by atomic mass is 10.2. The van der Waals surface area contributed by atoms with Crippen LogP contribution in [0.5, 0.6) is 0 Å². The third-order valence-electron chi connectivity index (χ3n) is 4.81. The maximum atomic E-state index is 12.5. The average Bonchev–Trinajstić information content (AvgIpc) is 3.12. The minimum Gasteiger partial charge on any atom is -0.379 e. The highest BCUT2D eigenvalue weighted by Crippen LogP contribution is 2.25. The number of ether oxygens (including phenoxy) is 1. The Balaban J connectivity index is 1.51. The number of carbonyl (C=O) groups is 1. The van der Waals surface area contributed by atoms with Crippen molar-refractivity contribution in [3.63, 3.8) is 0 Å². The summed E-state index contributed by atoms with van der Waals surface area (Å²) in [6.45, 7) is 7.69. The highest BCUT2D eigenvalue weighted by Gasteiger charge is 2.29. The molecule has 0 N–H and O–H groups in total. The van der Waals surface area contributed by atoms with Crippen molar-refractivity contribution >= 4 is 17.2 Å². The van der Waals surface area contributed by atoms with Crippen LogP contribution in [0.3, 0.4) is 0 Å². The Bertz CT molecular complexity index is 578. The fourth-order valence-corrected chi connectivity index (χ4v) is 4.07. The van der Waals surface area contributed by atoms with E-state index in [-0.39, 0.29) is 11.9 Å². The first-order chi connectivity index (χ1) is 11.7. The van der Waals surface area contributed by atoms with E-state index in [1.54, 1.807) is 11.3 Å². The number of morpholine rings is 1. The number of nitrogens with zero attached hydrogens (tertiary/aromatic N) is 4. The first-order valence-corrected chi connectivity index (χ1v) is 9.33. The molecule has 2 aliphatic heterocycles. The summed E-state index contributed by atoms with van der Waals surface area (Å²) in [5.74, 6) is 0.188. The van der Waals surface area contributed by atoms with Crippen LogP contribution in [0.4, 0.5) is 0 Å². The molecule has 0 saturated carbocycles. The van der Waals surface area contributed by atoms with Gasteiger partial charge in [-0.3, -0.25) is 14.6 Å². The minimum absolute atomic E-state index is 0.188. The second-order valence-electron chi connectivity index (χ2n) is 6.36. The SMILES string of the molecule is C[C@H]1COCCN1CC(=O)N1CCN([C@H](C#N)c2cccs2)CC1. The smallest absolute Gasteiger partial charge is 0.236 e. The molecule has 0 aromatic carbocycles. The molecule has 0 unspecified atom stereocenters. The van der Waals surface area contributed by atoms with Crippen molar-refractivity contribution in [2.75, 3.05) is 52.5 Å². The summed E-state index contributed by atoms with van der Waals surface area (Å²) >= 11 is 1.62. The van der Waals surface area contributed by atoms with E-state index < -0.39 is 0 Å². The van der Waals surface area contributed by atoms with E-state index in [0.29, 0.717) is 38.9 Å². The van der Waals surface area contributed by atoms with Gasteiger partial charge in [0.05, 0.1) is 25.8 Å². The van der Waals surface area contributed by atoms with Crippen molar-refractivity contribution in [1.29, 1.82) is 5.26 Å². The number of hydrogen-bond acceptors (Lipinski definition) is 6. The molecule has 2 saturated heterocycles. The predicted octanol–water partition coefficient (Wildman–Crippen LogP) is 1.18. The Kier molecular flexibility index (Phi) is 5.85. The molecule has 1 amide bonds. The normalized spacial score (nSPS) is 24.5. The van der Waals surface area contributed by atoms with Gasteiger partial charge in [0.15, 0.2) is 0 Å². The average molecular weight is 348 g/mol. The topological polar surface area (TPSA) is 59.8 Å². The lowest BCUT2D eigenvalue weighted by Gasteiger charge is -2.39. The number of rotatable bonds is 4. The lowest BCUT2D eigenvalue weighted by molar-refractivity contribution is -0.136. The second kappa shape index (κ2) is 8.08. The van der Waals surface area contributed by atoms with Crippen LogP contribution in [0.25, 0.3) is 0 Å². The fourth-order valence-electron chi connectivity index (χ4n) is 3.27. The van der Waals surface area contributed by atoms with Crippen LogP contribution < -0.4 is 0 Å². The Hall–Kier alpha value is -1.46. The highest BCUT2D eigenvalue weighted by atomic mass is 32.1. The van der Waals surface area contributed by atoms with Crippen LogP contribution in [0.15, 0.2) is 17.5 Å². The van der Waals surface area contributed by atoms with Crippen molar-refractivity contribution in [1.82, 2.24) is 14.7 Å². The standard InChI is InChI=1S/C17H24N4O2S/c1-14-13-23-9-8-21(14)12-17(22)20-6-4-19(5-7-20)15(11-18)16-3-2-10-24-16/h2-3,10,14-15H,4-9,12-13H2,1H3/t14-,15+/m0/s1. The summed E-state index contributed by atoms with van der Waals surface area (Å²) in [6.07, 6.45) is 0. The maximum Gasteiger partial charge on any atom is 0.236 e. The minimum atomic E-state index is -0.193. The van der Waals surface area contributed by atoms with Crippen LogP contribution >= 0.6 is 11.3 Å². The molecule has 3 rings (SSSR count). The third-order valence-corrected chi connectivity index (χ3v) is 5.74. The molecule has 2 aliphatic rings. The lowest BCUT2D eigenvalue weighted by Crippen LogP contribution is -2.54. The Morgan fingerprint density at radius 2 is 2.21 bits per heavy atom. The van der Waals surface area contributed by atoms with Gasteiger partial charge in [0.25, 0.3) is 0 Å². The van der Waals surface area contributed by atoms with Gasteiger partial charge >= 0.3 is 0 Å². The van der Waals surface area contributed by atoms with E-state index in [2.05, 4.69) is 22.8 Å². The van der Waals surface area contributed by atoms with Crippen molar-refractivity contribution in [2.24, 2.45) is 0 Å². The van der Waals surface area contributed by atoms with Gasteiger partial charge in [0.1, 0.15) is 6.04 Å². The van der Waals surface area contributed by atoms with Gasteiger partial charge in [0, 0.05) is 43.6 Å². The highest BCUT2D eigenvalue weighted by molar-refractivity contribution is 7.10.